The molecule has 0 aliphatic heterocycles. The van der Waals surface area contributed by atoms with Gasteiger partial charge in [-0.25, -0.2) is 55.4 Å². The average Bonchev–Trinajstić information content (AvgIpc) is 1.38. The third-order valence-electron chi connectivity index (χ3n) is 14.8. The molecule has 0 saturated heterocycles. The summed E-state index contributed by atoms with van der Waals surface area (Å²) in [6.07, 6.45) is 8.14. The monoisotopic (exact) mass is 1390 g/mol. The molecule has 23 nitrogen and oxygen atoms in total. The second-order valence-corrected chi connectivity index (χ2v) is 31.7. The molecule has 0 radical (unpaired) electrons. The van der Waals surface area contributed by atoms with Crippen LogP contribution in [0.1, 0.15) is 159 Å². The van der Waals surface area contributed by atoms with Crippen molar-refractivity contribution >= 4 is 78.4 Å². The number of ether oxygens (including phenoxy) is 3. The quantitative estimate of drug-likeness (QED) is 0.0382. The fourth-order valence-electron chi connectivity index (χ4n) is 10.4. The van der Waals surface area contributed by atoms with Gasteiger partial charge in [-0.15, -0.1) is 22.7 Å². The first-order valence-corrected chi connectivity index (χ1v) is 36.4. The van der Waals surface area contributed by atoms with Gasteiger partial charge in [0.1, 0.15) is 17.2 Å². The molecule has 7 aromatic rings. The van der Waals surface area contributed by atoms with Crippen LogP contribution in [0.25, 0.3) is 20.9 Å². The third-order valence-corrected chi connectivity index (χ3v) is 20.8. The molecule has 9 rings (SSSR count). The number of benzene rings is 5. The van der Waals surface area contributed by atoms with Gasteiger partial charge in [0.25, 0.3) is 0 Å². The predicted octanol–water partition coefficient (Wildman–Crippen LogP) is 13.9. The van der Waals surface area contributed by atoms with Crippen molar-refractivity contribution in [1.29, 1.82) is 0 Å². The van der Waals surface area contributed by atoms with Crippen LogP contribution in [0, 0.1) is 6.92 Å². The van der Waals surface area contributed by atoms with Crippen LogP contribution in [-0.4, -0.2) is 96.7 Å². The van der Waals surface area contributed by atoms with Crippen molar-refractivity contribution in [3.63, 3.8) is 0 Å². The number of nitrogens with one attached hydrogen (secondary N) is 7. The molecule has 0 spiro atoms. The van der Waals surface area contributed by atoms with Crippen molar-refractivity contribution in [2.45, 2.75) is 198 Å². The van der Waals surface area contributed by atoms with Crippen LogP contribution in [0.3, 0.4) is 0 Å². The molecule has 2 saturated carbocycles. The average molecular weight is 1400 g/mol. The number of sulfonamides is 2. The molecule has 518 valence electrons. The molecule has 0 unspecified atom stereocenters. The molecule has 5 aromatic carbocycles. The van der Waals surface area contributed by atoms with Crippen LogP contribution in [0.4, 0.5) is 30.6 Å². The Bertz CT molecular complexity index is 3970. The minimum atomic E-state index is -3.98. The standard InChI is InChI=1S/C31H41N5O6S2.C31H40N4O6S2.C7H9NO/c1-19(2)42-30(39)35-22-10-8-21(9-11-22)28-32-18-26(43-28)25-15-12-23(16-27(25)44(40,41)36-31(3,4)5)34-29(38)33-17-20-6-13-24(37)14-7-20;1-19(2)40-29(36)33-22-11-9-21(10-12-22)28-32-18-26(42-28)25-16-13-23(17-27(25)43(38,39)35-31(4,5)6)34-30(37)41-24-14-7-20(3)8-15-24;8-5-6-1-3-7(9)4-2-6/h6-7,12-16,18-19,21-22,36-37H,8-11,17H2,1-5H3,(H,35,39)(H2,33,34,38);7-8,13-19,21-22,35H,9-12H2,1-6H3,(H,33,36)(H,34,37);1-4,9H,5,8H2. The number of aryl methyl sites for hydroxylation is 1. The van der Waals surface area contributed by atoms with Gasteiger partial charge in [0, 0.05) is 83.0 Å². The van der Waals surface area contributed by atoms with Gasteiger partial charge >= 0.3 is 24.3 Å². The maximum atomic E-state index is 13.6. The summed E-state index contributed by atoms with van der Waals surface area (Å²) in [6, 6.07) is 29.5. The van der Waals surface area contributed by atoms with Crippen molar-refractivity contribution < 1.29 is 60.4 Å². The molecule has 27 heteroatoms. The molecule has 2 aliphatic rings. The lowest BCUT2D eigenvalue weighted by Gasteiger charge is -2.28. The number of alkyl carbamates (subject to hydrolysis) is 2. The number of aromatic hydroxyl groups is 2. The first-order valence-electron chi connectivity index (χ1n) is 31.8. The Labute approximate surface area is 571 Å². The lowest BCUT2D eigenvalue weighted by atomic mass is 9.86. The van der Waals surface area contributed by atoms with Crippen molar-refractivity contribution in [2.75, 3.05) is 10.6 Å². The molecule has 2 heterocycles. The SMILES string of the molecule is CC(C)OC(=O)NC1CCC(c2ncc(-c3ccc(NC(=O)NCc4ccc(O)cc4)cc3S(=O)(=O)NC(C)(C)C)s2)CC1.Cc1ccc(OC(=O)Nc2ccc(-c3cnc(C4CCC(NC(=O)OC(C)C)CC4)s3)c(S(=O)(=O)NC(C)(C)C)c2)cc1.NCc1ccc(O)cc1. The number of anilines is 2. The van der Waals surface area contributed by atoms with Gasteiger partial charge in [-0.05, 0) is 199 Å². The third kappa shape index (κ3) is 23.9. The number of aromatic nitrogens is 2. The van der Waals surface area contributed by atoms with E-state index < -0.39 is 55.4 Å². The van der Waals surface area contributed by atoms with E-state index in [1.54, 1.807) is 127 Å². The zero-order valence-corrected chi connectivity index (χ0v) is 59.3. The lowest BCUT2D eigenvalue weighted by Crippen LogP contribution is -2.40. The summed E-state index contributed by atoms with van der Waals surface area (Å²) in [7, 11) is -7.95. The zero-order chi connectivity index (χ0) is 70.1. The zero-order valence-electron chi connectivity index (χ0n) is 56.1. The highest BCUT2D eigenvalue weighted by atomic mass is 32.2. The number of amides is 5. The second-order valence-electron chi connectivity index (χ2n) is 26.2. The van der Waals surface area contributed by atoms with Crippen molar-refractivity contribution in [2.24, 2.45) is 5.73 Å². The molecule has 5 amide bonds. The van der Waals surface area contributed by atoms with E-state index in [2.05, 4.69) is 46.0 Å². The summed E-state index contributed by atoms with van der Waals surface area (Å²) in [5.41, 5.74) is 8.31. The number of carbonyl (C=O) groups is 4. The van der Waals surface area contributed by atoms with Crippen molar-refractivity contribution in [3.8, 4) is 38.1 Å². The number of phenolic OH excluding ortho intramolecular Hbond substituents is 2. The van der Waals surface area contributed by atoms with Crippen LogP contribution >= 0.6 is 22.7 Å². The first kappa shape index (κ1) is 75.2. The summed E-state index contributed by atoms with van der Waals surface area (Å²) < 4.78 is 75.6. The largest absolute Gasteiger partial charge is 0.508 e. The summed E-state index contributed by atoms with van der Waals surface area (Å²) in [5, 5.41) is 34.1. The highest BCUT2D eigenvalue weighted by Gasteiger charge is 2.32. The molecule has 96 heavy (non-hydrogen) atoms. The minimum absolute atomic E-state index is 0.0299. The summed E-state index contributed by atoms with van der Waals surface area (Å²) in [6.45, 7) is 20.5. The molecule has 2 aliphatic carbocycles. The Morgan fingerprint density at radius 1 is 0.562 bits per heavy atom. The number of urea groups is 1. The molecular formula is C69H90N10O13S4. The smallest absolute Gasteiger partial charge is 0.417 e. The van der Waals surface area contributed by atoms with Gasteiger partial charge in [-0.3, -0.25) is 5.32 Å². The molecule has 0 atom stereocenters. The van der Waals surface area contributed by atoms with Gasteiger partial charge in [0.15, 0.2) is 0 Å². The number of hydrogen-bond donors (Lipinski definition) is 10. The summed E-state index contributed by atoms with van der Waals surface area (Å²) >= 11 is 2.92. The molecule has 0 bridgehead atoms. The van der Waals surface area contributed by atoms with E-state index in [1.165, 1.54) is 46.9 Å². The number of nitrogens with zero attached hydrogens (tertiary/aromatic N) is 2. The van der Waals surface area contributed by atoms with Crippen LogP contribution in [0.5, 0.6) is 17.2 Å². The molecule has 2 aromatic heterocycles. The normalized spacial score (nSPS) is 16.6. The van der Waals surface area contributed by atoms with E-state index >= 15 is 0 Å². The van der Waals surface area contributed by atoms with E-state index in [9.17, 15) is 41.1 Å². The number of thiazole rings is 2. The molecule has 2 fully saturated rings. The van der Waals surface area contributed by atoms with Crippen LogP contribution < -0.4 is 46.5 Å². The number of phenols is 2. The van der Waals surface area contributed by atoms with Crippen LogP contribution in [0.2, 0.25) is 0 Å². The Balaban J connectivity index is 0.000000239. The topological polar surface area (TPSA) is 341 Å². The molecular weight excluding hydrogens is 1310 g/mol. The highest BCUT2D eigenvalue weighted by molar-refractivity contribution is 7.90. The minimum Gasteiger partial charge on any atom is -0.508 e. The van der Waals surface area contributed by atoms with Gasteiger partial charge in [0.2, 0.25) is 20.0 Å². The van der Waals surface area contributed by atoms with Crippen LogP contribution in [0.15, 0.2) is 131 Å². The number of rotatable bonds is 18. The lowest BCUT2D eigenvalue weighted by molar-refractivity contribution is 0.108. The maximum absolute atomic E-state index is 13.6. The molecule has 11 N–H and O–H groups in total. The second kappa shape index (κ2) is 33.7. The maximum Gasteiger partial charge on any atom is 0.417 e. The van der Waals surface area contributed by atoms with Gasteiger partial charge in [-0.1, -0.05) is 54.1 Å². The Morgan fingerprint density at radius 2 is 0.969 bits per heavy atom. The fourth-order valence-corrected chi connectivity index (χ4v) is 16.1. The van der Waals surface area contributed by atoms with Crippen molar-refractivity contribution in [3.05, 3.63) is 148 Å². The number of carbonyl (C=O) groups excluding carboxylic acids is 4. The number of nitrogens with two attached hydrogens (primary N) is 1. The van der Waals surface area contributed by atoms with Gasteiger partial charge < -0.3 is 51.4 Å². The van der Waals surface area contributed by atoms with E-state index in [-0.39, 0.29) is 69.6 Å². The van der Waals surface area contributed by atoms with E-state index in [0.717, 1.165) is 78.1 Å². The van der Waals surface area contributed by atoms with Gasteiger partial charge in [-0.2, -0.15) is 0 Å². The van der Waals surface area contributed by atoms with Crippen molar-refractivity contribution in [1.82, 2.24) is 35.4 Å². The van der Waals surface area contributed by atoms with Crippen LogP contribution in [-0.2, 0) is 42.6 Å². The summed E-state index contributed by atoms with van der Waals surface area (Å²) in [4.78, 5) is 60.0. The van der Waals surface area contributed by atoms with E-state index in [1.807, 2.05) is 46.8 Å². The Morgan fingerprint density at radius 3 is 1.36 bits per heavy atom. The Kier molecular flexibility index (Phi) is 26.4. The van der Waals surface area contributed by atoms with E-state index in [0.29, 0.717) is 38.9 Å². The van der Waals surface area contributed by atoms with E-state index in [4.69, 9.17) is 25.1 Å². The van der Waals surface area contributed by atoms with Gasteiger partial charge in [0.05, 0.1) is 41.8 Å². The number of hydrogen-bond acceptors (Lipinski definition) is 18. The fraction of sp³-hybridized carbons (Fsp3) is 0.420. The summed E-state index contributed by atoms with van der Waals surface area (Å²) in [5.74, 6) is 1.21. The Hall–Kier alpha value is -8.18. The predicted molar refractivity (Wildman–Crippen MR) is 376 cm³/mol. The highest BCUT2D eigenvalue weighted by Crippen LogP contribution is 2.42. The first-order chi connectivity index (χ1) is 45.2.